The number of nitrogens with one attached hydrogen (secondary N) is 1. The standard InChI is InChI=1S/C13H21N5O2/c1-14-13(20)11-4-5-12(16-15-11)18-8-10(19)6-9(18)7-17(2)3/h4-5,9-10,19H,6-8H2,1-3H3,(H,14,20). The first-order chi connectivity index (χ1) is 9.51. The van der Waals surface area contributed by atoms with Crippen molar-refractivity contribution in [1.29, 1.82) is 0 Å². The molecule has 7 nitrogen and oxygen atoms in total. The minimum Gasteiger partial charge on any atom is -0.391 e. The Morgan fingerprint density at radius 3 is 2.80 bits per heavy atom. The molecular formula is C13H21N5O2. The Kier molecular flexibility index (Phi) is 4.51. The highest BCUT2D eigenvalue weighted by Crippen LogP contribution is 2.24. The van der Waals surface area contributed by atoms with Gasteiger partial charge in [0.15, 0.2) is 11.5 Å². The number of carbonyl (C=O) groups excluding carboxylic acids is 1. The molecule has 1 saturated heterocycles. The van der Waals surface area contributed by atoms with E-state index in [1.807, 2.05) is 19.0 Å². The number of hydrogen-bond acceptors (Lipinski definition) is 6. The fourth-order valence-corrected chi connectivity index (χ4v) is 2.49. The SMILES string of the molecule is CNC(=O)c1ccc(N2CC(O)CC2CN(C)C)nn1. The second-order valence-electron chi connectivity index (χ2n) is 5.31. The first-order valence-electron chi connectivity index (χ1n) is 6.66. The van der Waals surface area contributed by atoms with Crippen LogP contribution in [-0.2, 0) is 0 Å². The summed E-state index contributed by atoms with van der Waals surface area (Å²) in [5.74, 6) is 0.441. The summed E-state index contributed by atoms with van der Waals surface area (Å²) in [5, 5.41) is 20.4. The summed E-state index contributed by atoms with van der Waals surface area (Å²) in [7, 11) is 5.56. The molecule has 7 heteroatoms. The lowest BCUT2D eigenvalue weighted by Crippen LogP contribution is -2.38. The van der Waals surface area contributed by atoms with E-state index in [1.165, 1.54) is 0 Å². The lowest BCUT2D eigenvalue weighted by atomic mass is 10.2. The third-order valence-electron chi connectivity index (χ3n) is 3.37. The van der Waals surface area contributed by atoms with Gasteiger partial charge in [0, 0.05) is 26.2 Å². The molecule has 1 aromatic heterocycles. The molecule has 2 unspecified atom stereocenters. The Morgan fingerprint density at radius 2 is 2.25 bits per heavy atom. The van der Waals surface area contributed by atoms with Gasteiger partial charge in [-0.2, -0.15) is 0 Å². The molecule has 1 amide bonds. The molecule has 0 saturated carbocycles. The number of amides is 1. The van der Waals surface area contributed by atoms with Crippen molar-refractivity contribution in [3.63, 3.8) is 0 Å². The first kappa shape index (κ1) is 14.7. The normalized spacial score (nSPS) is 22.4. The van der Waals surface area contributed by atoms with Gasteiger partial charge < -0.3 is 20.2 Å². The van der Waals surface area contributed by atoms with Crippen molar-refractivity contribution >= 4 is 11.7 Å². The molecule has 0 radical (unpaired) electrons. The predicted octanol–water partition coefficient (Wildman–Crippen LogP) is -0.663. The minimum atomic E-state index is -0.347. The van der Waals surface area contributed by atoms with Crippen LogP contribution in [0.2, 0.25) is 0 Å². The van der Waals surface area contributed by atoms with Crippen molar-refractivity contribution in [1.82, 2.24) is 20.4 Å². The van der Waals surface area contributed by atoms with Gasteiger partial charge in [-0.25, -0.2) is 0 Å². The molecule has 0 aromatic carbocycles. The largest absolute Gasteiger partial charge is 0.391 e. The van der Waals surface area contributed by atoms with Gasteiger partial charge >= 0.3 is 0 Å². The summed E-state index contributed by atoms with van der Waals surface area (Å²) in [6, 6.07) is 3.64. The third kappa shape index (κ3) is 3.23. The fourth-order valence-electron chi connectivity index (χ4n) is 2.49. The van der Waals surface area contributed by atoms with Crippen molar-refractivity contribution in [2.75, 3.05) is 39.1 Å². The van der Waals surface area contributed by atoms with E-state index >= 15 is 0 Å². The number of β-amino-alcohol motifs (C(OH)–C–C–N with tert-alkyl or cyclic N) is 1. The van der Waals surface area contributed by atoms with E-state index in [-0.39, 0.29) is 18.1 Å². The average molecular weight is 279 g/mol. The zero-order chi connectivity index (χ0) is 14.7. The molecule has 2 atom stereocenters. The number of likely N-dealkylation sites (N-methyl/N-ethyl adjacent to an activating group) is 1. The van der Waals surface area contributed by atoms with E-state index in [0.29, 0.717) is 18.1 Å². The monoisotopic (exact) mass is 279 g/mol. The van der Waals surface area contributed by atoms with E-state index < -0.39 is 0 Å². The van der Waals surface area contributed by atoms with E-state index in [1.54, 1.807) is 19.2 Å². The van der Waals surface area contributed by atoms with E-state index in [4.69, 9.17) is 0 Å². The Hall–Kier alpha value is -1.73. The second-order valence-corrected chi connectivity index (χ2v) is 5.31. The van der Waals surface area contributed by atoms with E-state index in [2.05, 4.69) is 20.4 Å². The molecule has 110 valence electrons. The topological polar surface area (TPSA) is 81.6 Å². The van der Waals surface area contributed by atoms with Crippen LogP contribution in [0.15, 0.2) is 12.1 Å². The molecule has 1 aliphatic rings. The zero-order valence-electron chi connectivity index (χ0n) is 12.1. The van der Waals surface area contributed by atoms with Crippen LogP contribution in [0.4, 0.5) is 5.82 Å². The molecule has 0 spiro atoms. The van der Waals surface area contributed by atoms with Crippen LogP contribution in [0.5, 0.6) is 0 Å². The number of anilines is 1. The third-order valence-corrected chi connectivity index (χ3v) is 3.37. The summed E-state index contributed by atoms with van der Waals surface area (Å²) in [5.41, 5.74) is 0.292. The number of carbonyl (C=O) groups is 1. The van der Waals surface area contributed by atoms with Gasteiger partial charge in [0.2, 0.25) is 0 Å². The van der Waals surface area contributed by atoms with E-state index in [0.717, 1.165) is 13.0 Å². The van der Waals surface area contributed by atoms with Crippen molar-refractivity contribution in [2.45, 2.75) is 18.6 Å². The average Bonchev–Trinajstić information content (AvgIpc) is 2.78. The predicted molar refractivity (Wildman–Crippen MR) is 75.7 cm³/mol. The van der Waals surface area contributed by atoms with Crippen LogP contribution < -0.4 is 10.2 Å². The number of aliphatic hydroxyl groups excluding tert-OH is 1. The molecule has 1 aromatic rings. The summed E-state index contributed by atoms with van der Waals surface area (Å²) in [6.07, 6.45) is 0.372. The van der Waals surface area contributed by atoms with Crippen LogP contribution in [0, 0.1) is 0 Å². The van der Waals surface area contributed by atoms with Crippen molar-refractivity contribution in [3.8, 4) is 0 Å². The van der Waals surface area contributed by atoms with Crippen LogP contribution in [0.25, 0.3) is 0 Å². The number of aromatic nitrogens is 2. The quantitative estimate of drug-likeness (QED) is 0.761. The summed E-state index contributed by atoms with van der Waals surface area (Å²) in [4.78, 5) is 15.6. The summed E-state index contributed by atoms with van der Waals surface area (Å²) < 4.78 is 0. The summed E-state index contributed by atoms with van der Waals surface area (Å²) >= 11 is 0. The number of aliphatic hydroxyl groups is 1. The maximum Gasteiger partial charge on any atom is 0.271 e. The fraction of sp³-hybridized carbons (Fsp3) is 0.615. The molecule has 1 fully saturated rings. The highest BCUT2D eigenvalue weighted by molar-refractivity contribution is 5.91. The molecule has 20 heavy (non-hydrogen) atoms. The maximum atomic E-state index is 11.4. The van der Waals surface area contributed by atoms with Crippen LogP contribution in [0.1, 0.15) is 16.9 Å². The molecule has 2 rings (SSSR count). The lowest BCUT2D eigenvalue weighted by Gasteiger charge is -2.27. The minimum absolute atomic E-state index is 0.208. The van der Waals surface area contributed by atoms with Crippen molar-refractivity contribution in [3.05, 3.63) is 17.8 Å². The van der Waals surface area contributed by atoms with Crippen molar-refractivity contribution in [2.24, 2.45) is 0 Å². The first-order valence-corrected chi connectivity index (χ1v) is 6.66. The molecule has 0 aliphatic carbocycles. The van der Waals surface area contributed by atoms with Gasteiger partial charge in [-0.15, -0.1) is 10.2 Å². The molecular weight excluding hydrogens is 258 g/mol. The Labute approximate surface area is 118 Å². The van der Waals surface area contributed by atoms with Gasteiger partial charge in [-0.1, -0.05) is 0 Å². The van der Waals surface area contributed by atoms with Gasteiger partial charge in [-0.05, 0) is 32.6 Å². The van der Waals surface area contributed by atoms with E-state index in [9.17, 15) is 9.90 Å². The highest BCUT2D eigenvalue weighted by Gasteiger charge is 2.32. The number of nitrogens with zero attached hydrogens (tertiary/aromatic N) is 4. The van der Waals surface area contributed by atoms with Gasteiger partial charge in [0.1, 0.15) is 0 Å². The van der Waals surface area contributed by atoms with Crippen LogP contribution in [-0.4, -0.2) is 72.5 Å². The zero-order valence-corrected chi connectivity index (χ0v) is 12.1. The molecule has 1 aliphatic heterocycles. The number of hydrogen-bond donors (Lipinski definition) is 2. The molecule has 2 N–H and O–H groups in total. The molecule has 0 bridgehead atoms. The Morgan fingerprint density at radius 1 is 1.50 bits per heavy atom. The smallest absolute Gasteiger partial charge is 0.271 e. The molecule has 2 heterocycles. The van der Waals surface area contributed by atoms with Crippen LogP contribution in [0.3, 0.4) is 0 Å². The lowest BCUT2D eigenvalue weighted by molar-refractivity contribution is 0.0957. The Bertz CT molecular complexity index is 462. The van der Waals surface area contributed by atoms with Gasteiger partial charge in [-0.3, -0.25) is 4.79 Å². The maximum absolute atomic E-state index is 11.4. The van der Waals surface area contributed by atoms with Crippen LogP contribution >= 0.6 is 0 Å². The second kappa shape index (κ2) is 6.15. The number of rotatable bonds is 4. The van der Waals surface area contributed by atoms with Gasteiger partial charge in [0.25, 0.3) is 5.91 Å². The van der Waals surface area contributed by atoms with Crippen molar-refractivity contribution < 1.29 is 9.90 Å². The highest BCUT2D eigenvalue weighted by atomic mass is 16.3. The Balaban J connectivity index is 2.14. The summed E-state index contributed by atoms with van der Waals surface area (Å²) in [6.45, 7) is 1.39. The van der Waals surface area contributed by atoms with Gasteiger partial charge in [0.05, 0.1) is 6.10 Å².